The van der Waals surface area contributed by atoms with Crippen molar-refractivity contribution in [3.8, 4) is 22.3 Å². The molecule has 0 radical (unpaired) electrons. The number of rotatable bonds is 2. The van der Waals surface area contributed by atoms with Gasteiger partial charge in [-0.05, 0) is 50.7 Å². The first-order valence-electron chi connectivity index (χ1n) is 9.80. The molecular weight excluding hydrogens is 324 g/mol. The largest absolute Gasteiger partial charge is 0.0623 e. The number of aryl methyl sites for hydroxylation is 1. The van der Waals surface area contributed by atoms with Gasteiger partial charge in [0.1, 0.15) is 0 Å². The van der Waals surface area contributed by atoms with Crippen LogP contribution in [-0.2, 0) is 0 Å². The Morgan fingerprint density at radius 3 is 1.33 bits per heavy atom. The van der Waals surface area contributed by atoms with Crippen molar-refractivity contribution >= 4 is 21.5 Å². The van der Waals surface area contributed by atoms with E-state index in [-0.39, 0.29) is 0 Å². The maximum Gasteiger partial charge on any atom is 0.0623 e. The Morgan fingerprint density at radius 2 is 0.889 bits per heavy atom. The van der Waals surface area contributed by atoms with E-state index < -0.39 is 0 Å². The van der Waals surface area contributed by atoms with E-state index >= 15 is 0 Å². The van der Waals surface area contributed by atoms with Crippen LogP contribution in [0.1, 0.15) is 6.93 Å². The molecule has 0 aliphatic carbocycles. The van der Waals surface area contributed by atoms with Crippen molar-refractivity contribution in [2.75, 3.05) is 0 Å². The van der Waals surface area contributed by atoms with E-state index in [1.54, 1.807) is 0 Å². The molecule has 0 saturated carbocycles. The maximum absolute atomic E-state index is 7.84. The zero-order valence-corrected chi connectivity index (χ0v) is 15.2. The minimum atomic E-state index is 0.536. The van der Waals surface area contributed by atoms with Gasteiger partial charge in [0.15, 0.2) is 0 Å². The van der Waals surface area contributed by atoms with E-state index in [4.69, 9.17) is 1.37 Å². The van der Waals surface area contributed by atoms with Crippen molar-refractivity contribution < 1.29 is 1.37 Å². The minimum absolute atomic E-state index is 0.536. The van der Waals surface area contributed by atoms with Gasteiger partial charge in [-0.25, -0.2) is 0 Å². The van der Waals surface area contributed by atoms with Crippen LogP contribution in [0.2, 0.25) is 0 Å². The lowest BCUT2D eigenvalue weighted by molar-refractivity contribution is 1.47. The molecule has 0 aliphatic rings. The Labute approximate surface area is 161 Å². The van der Waals surface area contributed by atoms with Crippen molar-refractivity contribution in [2.45, 2.75) is 6.92 Å². The highest BCUT2D eigenvalue weighted by molar-refractivity contribution is 6.21. The molecule has 27 heavy (non-hydrogen) atoms. The summed E-state index contributed by atoms with van der Waals surface area (Å²) < 4.78 is 7.84. The lowest BCUT2D eigenvalue weighted by Crippen LogP contribution is -1.90. The van der Waals surface area contributed by atoms with Crippen LogP contribution in [0.5, 0.6) is 0 Å². The van der Waals surface area contributed by atoms with Crippen LogP contribution in [0.15, 0.2) is 103 Å². The molecule has 0 aliphatic heterocycles. The summed E-state index contributed by atoms with van der Waals surface area (Å²) in [5, 5.41) is 5.01. The zero-order chi connectivity index (χ0) is 19.1. The normalized spacial score (nSPS) is 11.7. The third-order valence-electron chi connectivity index (χ3n) is 5.28. The van der Waals surface area contributed by atoms with Crippen LogP contribution < -0.4 is 0 Å². The summed E-state index contributed by atoms with van der Waals surface area (Å²) in [6, 6.07) is 34.5. The van der Waals surface area contributed by atoms with Gasteiger partial charge < -0.3 is 0 Å². The van der Waals surface area contributed by atoms with Gasteiger partial charge in [0, 0.05) is 0 Å². The molecule has 0 spiro atoms. The Kier molecular flexibility index (Phi) is 3.50. The summed E-state index contributed by atoms with van der Waals surface area (Å²) in [5.41, 5.74) is 6.18. The molecule has 0 heterocycles. The fraction of sp³-hybridized carbons (Fsp3) is 0.0370. The first-order valence-corrected chi connectivity index (χ1v) is 9.30. The van der Waals surface area contributed by atoms with Crippen LogP contribution in [-0.4, -0.2) is 0 Å². The summed E-state index contributed by atoms with van der Waals surface area (Å²) in [6.07, 6.45) is 0. The van der Waals surface area contributed by atoms with Crippen molar-refractivity contribution in [1.29, 1.82) is 0 Å². The molecule has 0 bridgehead atoms. The summed E-state index contributed by atoms with van der Waals surface area (Å²) in [4.78, 5) is 0. The first-order chi connectivity index (χ1) is 13.7. The van der Waals surface area contributed by atoms with E-state index in [9.17, 15) is 0 Å². The molecule has 0 amide bonds. The quantitative estimate of drug-likeness (QED) is 0.288. The van der Waals surface area contributed by atoms with Crippen molar-refractivity contribution in [2.24, 2.45) is 0 Å². The van der Waals surface area contributed by atoms with Gasteiger partial charge in [0.2, 0.25) is 0 Å². The van der Waals surface area contributed by atoms with Crippen LogP contribution >= 0.6 is 0 Å². The molecule has 0 saturated heterocycles. The second kappa shape index (κ2) is 6.41. The topological polar surface area (TPSA) is 0 Å². The Balaban J connectivity index is 1.96. The fourth-order valence-electron chi connectivity index (χ4n) is 4.02. The molecule has 0 unspecified atom stereocenters. The zero-order valence-electron chi connectivity index (χ0n) is 16.2. The molecular formula is C27H20. The van der Waals surface area contributed by atoms with Crippen LogP contribution in [0.3, 0.4) is 0 Å². The second-order valence-corrected chi connectivity index (χ2v) is 7.00. The molecule has 0 aromatic heterocycles. The van der Waals surface area contributed by atoms with E-state index in [1.165, 1.54) is 43.8 Å². The second-order valence-electron chi connectivity index (χ2n) is 7.00. The van der Waals surface area contributed by atoms with Crippen LogP contribution in [0, 0.1) is 6.92 Å². The van der Waals surface area contributed by atoms with E-state index in [1.807, 2.05) is 12.1 Å². The third kappa shape index (κ3) is 2.62. The van der Waals surface area contributed by atoms with Gasteiger partial charge in [-0.2, -0.15) is 0 Å². The molecule has 0 atom stereocenters. The van der Waals surface area contributed by atoms with E-state index in [2.05, 4.69) is 91.9 Å². The highest BCUT2D eigenvalue weighted by atomic mass is 14.2. The average molecular weight is 346 g/mol. The SMILES string of the molecule is [3H]c1ccc(-c2c3ccccc3c(-c3ccc(C)cc3)c3ccccc23)cc1. The van der Waals surface area contributed by atoms with E-state index in [0.717, 1.165) is 5.56 Å². The minimum Gasteiger partial charge on any atom is -0.0622 e. The summed E-state index contributed by atoms with van der Waals surface area (Å²) in [6.45, 7) is 2.12. The molecule has 0 nitrogen and oxygen atoms in total. The Bertz CT molecular complexity index is 1140. The van der Waals surface area contributed by atoms with Crippen molar-refractivity contribution in [3.63, 3.8) is 0 Å². The van der Waals surface area contributed by atoms with Crippen molar-refractivity contribution in [3.05, 3.63) is 109 Å². The van der Waals surface area contributed by atoms with Gasteiger partial charge in [0.25, 0.3) is 0 Å². The monoisotopic (exact) mass is 346 g/mol. The van der Waals surface area contributed by atoms with Gasteiger partial charge >= 0.3 is 0 Å². The van der Waals surface area contributed by atoms with Gasteiger partial charge in [0.05, 0.1) is 1.37 Å². The highest BCUT2D eigenvalue weighted by Gasteiger charge is 2.15. The Hall–Kier alpha value is -3.38. The average Bonchev–Trinajstić information content (AvgIpc) is 2.74. The lowest BCUT2D eigenvalue weighted by Gasteiger charge is -2.17. The first kappa shape index (κ1) is 14.8. The van der Waals surface area contributed by atoms with Gasteiger partial charge in [-0.1, -0.05) is 109 Å². The maximum atomic E-state index is 7.84. The Morgan fingerprint density at radius 1 is 0.481 bits per heavy atom. The van der Waals surface area contributed by atoms with Crippen LogP contribution in [0.4, 0.5) is 0 Å². The van der Waals surface area contributed by atoms with Gasteiger partial charge in [-0.3, -0.25) is 0 Å². The molecule has 0 heteroatoms. The fourth-order valence-corrected chi connectivity index (χ4v) is 4.02. The molecule has 5 aromatic rings. The highest BCUT2D eigenvalue weighted by Crippen LogP contribution is 2.43. The predicted octanol–water partition coefficient (Wildman–Crippen LogP) is 7.64. The summed E-state index contributed by atoms with van der Waals surface area (Å²) >= 11 is 0. The number of fused-ring (bicyclic) bond motifs is 2. The molecule has 0 N–H and O–H groups in total. The molecule has 128 valence electrons. The number of hydrogen-bond donors (Lipinski definition) is 0. The molecule has 5 aromatic carbocycles. The van der Waals surface area contributed by atoms with Crippen LogP contribution in [0.25, 0.3) is 43.8 Å². The van der Waals surface area contributed by atoms with E-state index in [0.29, 0.717) is 6.04 Å². The lowest BCUT2D eigenvalue weighted by atomic mass is 9.86. The third-order valence-corrected chi connectivity index (χ3v) is 5.28. The summed E-state index contributed by atoms with van der Waals surface area (Å²) in [5.74, 6) is 0. The number of benzene rings is 5. The van der Waals surface area contributed by atoms with Gasteiger partial charge in [-0.15, -0.1) is 0 Å². The standard InChI is InChI=1S/C27H20/c1-19-15-17-21(18-16-19)27-24-13-7-5-11-22(24)26(20-9-3-2-4-10-20)23-12-6-8-14-25(23)27/h2-18H,1H3/i2T. The number of hydrogen-bond acceptors (Lipinski definition) is 0. The van der Waals surface area contributed by atoms with Crippen molar-refractivity contribution in [1.82, 2.24) is 0 Å². The molecule has 0 fully saturated rings. The molecule has 5 rings (SSSR count). The summed E-state index contributed by atoms with van der Waals surface area (Å²) in [7, 11) is 0. The predicted molar refractivity (Wildman–Crippen MR) is 117 cm³/mol. The smallest absolute Gasteiger partial charge is 0.0622 e.